The van der Waals surface area contributed by atoms with E-state index in [2.05, 4.69) is 9.47 Å². The summed E-state index contributed by atoms with van der Waals surface area (Å²) in [6.45, 7) is 7.81. The predicted molar refractivity (Wildman–Crippen MR) is 113 cm³/mol. The molecule has 7 atom stereocenters. The lowest BCUT2D eigenvalue weighted by atomic mass is 10.3. The van der Waals surface area contributed by atoms with Crippen LogP contribution in [-0.2, 0) is 62.0 Å². The van der Waals surface area contributed by atoms with E-state index in [1.165, 1.54) is 0 Å². The molecule has 0 rings (SSSR count). The SMILES string of the molecule is C[C@H](O)C(=O)O[C@@H](C)C(=O)O[C@@H](C)C(=O)O[C@@H](C)C(=O)O[C@@H](C)C(=O)O[C@@H](C)C(=O)O[C@@H](C)C(=O)O. The van der Waals surface area contributed by atoms with E-state index in [4.69, 9.17) is 29.2 Å². The van der Waals surface area contributed by atoms with Crippen molar-refractivity contribution >= 4 is 41.8 Å². The van der Waals surface area contributed by atoms with Crippen LogP contribution < -0.4 is 0 Å². The zero-order valence-electron chi connectivity index (χ0n) is 20.7. The zero-order valence-corrected chi connectivity index (χ0v) is 20.7. The van der Waals surface area contributed by atoms with E-state index in [1.54, 1.807) is 0 Å². The van der Waals surface area contributed by atoms with Gasteiger partial charge in [-0.1, -0.05) is 0 Å². The van der Waals surface area contributed by atoms with Crippen LogP contribution in [0.2, 0.25) is 0 Å². The average Bonchev–Trinajstić information content (AvgIpc) is 2.77. The fraction of sp³-hybridized carbons (Fsp3) is 0.667. The van der Waals surface area contributed by atoms with Gasteiger partial charge < -0.3 is 38.6 Å². The minimum absolute atomic E-state index is 1.08. The third kappa shape index (κ3) is 11.1. The van der Waals surface area contributed by atoms with Gasteiger partial charge in [0.15, 0.2) is 36.6 Å². The zero-order chi connectivity index (χ0) is 28.3. The van der Waals surface area contributed by atoms with Gasteiger partial charge in [0.25, 0.3) is 0 Å². The third-order valence-corrected chi connectivity index (χ3v) is 4.11. The van der Waals surface area contributed by atoms with E-state index in [0.717, 1.165) is 48.5 Å². The fourth-order valence-corrected chi connectivity index (χ4v) is 1.91. The number of carboxylic acid groups (broad SMARTS) is 1. The van der Waals surface area contributed by atoms with Gasteiger partial charge in [-0.15, -0.1) is 0 Å². The lowest BCUT2D eigenvalue weighted by Gasteiger charge is -2.20. The molecule has 0 aliphatic rings. The van der Waals surface area contributed by atoms with Crippen LogP contribution in [0.25, 0.3) is 0 Å². The highest BCUT2D eigenvalue weighted by Crippen LogP contribution is 2.08. The van der Waals surface area contributed by atoms with Crippen LogP contribution in [0, 0.1) is 0 Å². The van der Waals surface area contributed by atoms with Crippen molar-refractivity contribution in [1.29, 1.82) is 0 Å². The Morgan fingerprint density at radius 1 is 0.417 bits per heavy atom. The summed E-state index contributed by atoms with van der Waals surface area (Å²) in [6, 6.07) is 0. The van der Waals surface area contributed by atoms with Crippen LogP contribution in [0.15, 0.2) is 0 Å². The number of ether oxygens (including phenoxy) is 6. The molecule has 2 N–H and O–H groups in total. The van der Waals surface area contributed by atoms with Gasteiger partial charge in [-0.05, 0) is 48.5 Å². The van der Waals surface area contributed by atoms with E-state index in [-0.39, 0.29) is 0 Å². The van der Waals surface area contributed by atoms with Crippen LogP contribution >= 0.6 is 0 Å². The van der Waals surface area contributed by atoms with Gasteiger partial charge >= 0.3 is 41.8 Å². The largest absolute Gasteiger partial charge is 0.479 e. The highest BCUT2D eigenvalue weighted by molar-refractivity contribution is 5.87. The summed E-state index contributed by atoms with van der Waals surface area (Å²) in [5.41, 5.74) is 0. The predicted octanol–water partition coefficient (Wildman–Crippen LogP) is -0.958. The molecule has 0 aliphatic heterocycles. The molecule has 0 bridgehead atoms. The standard InChI is InChI=1S/C21H30O15/c1-8(22)16(25)32-10(3)18(27)34-12(5)20(29)36-14(7)21(30)35-13(6)19(28)33-11(4)17(26)31-9(2)15(23)24/h8-14,22H,1-7H3,(H,23,24)/t8-,9-,10-,11-,12-,13-,14-/m0/s1. The molecule has 0 aliphatic carbocycles. The molecule has 0 saturated carbocycles. The molecule has 0 unspecified atom stereocenters. The number of rotatable bonds is 13. The molecule has 15 nitrogen and oxygen atoms in total. The van der Waals surface area contributed by atoms with E-state index in [9.17, 15) is 33.6 Å². The Morgan fingerprint density at radius 3 is 0.806 bits per heavy atom. The van der Waals surface area contributed by atoms with Crippen LogP contribution in [0.1, 0.15) is 48.5 Å². The Hall–Kier alpha value is -3.75. The first-order chi connectivity index (χ1) is 16.5. The quantitative estimate of drug-likeness (QED) is 0.220. The van der Waals surface area contributed by atoms with Crippen molar-refractivity contribution in [2.75, 3.05) is 0 Å². The number of esters is 6. The molecule has 0 saturated heterocycles. The maximum Gasteiger partial charge on any atom is 0.347 e. The molecule has 0 aromatic carbocycles. The molecule has 0 radical (unpaired) electrons. The number of hydrogen-bond donors (Lipinski definition) is 2. The van der Waals surface area contributed by atoms with Gasteiger partial charge in [0.1, 0.15) is 6.10 Å². The Kier molecular flexibility index (Phi) is 13.1. The van der Waals surface area contributed by atoms with Gasteiger partial charge in [0.2, 0.25) is 0 Å². The van der Waals surface area contributed by atoms with Crippen LogP contribution in [0.4, 0.5) is 0 Å². The minimum atomic E-state index is -1.56. The second-order valence-corrected chi connectivity index (χ2v) is 7.49. The van der Waals surface area contributed by atoms with Gasteiger partial charge in [-0.25, -0.2) is 33.6 Å². The Bertz CT molecular complexity index is 848. The van der Waals surface area contributed by atoms with Crippen molar-refractivity contribution < 1.29 is 72.2 Å². The van der Waals surface area contributed by atoms with Gasteiger partial charge in [-0.2, -0.15) is 0 Å². The molecule has 0 aromatic heterocycles. The number of aliphatic hydroxyl groups is 1. The van der Waals surface area contributed by atoms with Crippen molar-refractivity contribution in [3.05, 3.63) is 0 Å². The van der Waals surface area contributed by atoms with E-state index < -0.39 is 84.5 Å². The molecular formula is C21H30O15. The summed E-state index contributed by atoms with van der Waals surface area (Å²) < 4.78 is 28.4. The first-order valence-corrected chi connectivity index (χ1v) is 10.6. The van der Waals surface area contributed by atoms with Crippen LogP contribution in [-0.4, -0.2) is 94.7 Å². The summed E-state index contributed by atoms with van der Waals surface area (Å²) in [7, 11) is 0. The maximum absolute atomic E-state index is 12.1. The van der Waals surface area contributed by atoms with Crippen LogP contribution in [0.3, 0.4) is 0 Å². The first-order valence-electron chi connectivity index (χ1n) is 10.6. The second-order valence-electron chi connectivity index (χ2n) is 7.49. The maximum atomic E-state index is 12.1. The minimum Gasteiger partial charge on any atom is -0.479 e. The van der Waals surface area contributed by atoms with Crippen molar-refractivity contribution in [1.82, 2.24) is 0 Å². The molecule has 0 fully saturated rings. The highest BCUT2D eigenvalue weighted by atomic mass is 16.6. The van der Waals surface area contributed by atoms with Gasteiger partial charge in [0, 0.05) is 0 Å². The van der Waals surface area contributed by atoms with Crippen molar-refractivity contribution in [3.8, 4) is 0 Å². The molecule has 204 valence electrons. The number of hydrogen-bond acceptors (Lipinski definition) is 14. The first kappa shape index (κ1) is 32.2. The molecular weight excluding hydrogens is 492 g/mol. The third-order valence-electron chi connectivity index (χ3n) is 4.11. The summed E-state index contributed by atoms with van der Waals surface area (Å²) >= 11 is 0. The molecule has 0 aromatic rings. The number of aliphatic carboxylic acids is 1. The summed E-state index contributed by atoms with van der Waals surface area (Å²) in [4.78, 5) is 81.9. The topological polar surface area (TPSA) is 215 Å². The van der Waals surface area contributed by atoms with Gasteiger partial charge in [-0.3, -0.25) is 0 Å². The number of carboxylic acids is 1. The molecule has 0 amide bonds. The Labute approximate surface area is 205 Å². The van der Waals surface area contributed by atoms with E-state index >= 15 is 0 Å². The fourth-order valence-electron chi connectivity index (χ4n) is 1.91. The molecule has 0 heterocycles. The summed E-state index contributed by atoms with van der Waals surface area (Å²) in [5.74, 6) is -8.27. The molecule has 15 heteroatoms. The lowest BCUT2D eigenvalue weighted by molar-refractivity contribution is -0.188. The summed E-state index contributed by atoms with van der Waals surface area (Å²) in [6.07, 6.45) is -10.5. The normalized spacial score (nSPS) is 16.4. The molecule has 36 heavy (non-hydrogen) atoms. The molecule has 0 spiro atoms. The summed E-state index contributed by atoms with van der Waals surface area (Å²) in [5, 5.41) is 17.8. The van der Waals surface area contributed by atoms with Crippen molar-refractivity contribution in [2.24, 2.45) is 0 Å². The number of carbonyl (C=O) groups excluding carboxylic acids is 6. The van der Waals surface area contributed by atoms with E-state index in [0.29, 0.717) is 0 Å². The monoisotopic (exact) mass is 522 g/mol. The highest BCUT2D eigenvalue weighted by Gasteiger charge is 2.32. The lowest BCUT2D eigenvalue weighted by Crippen LogP contribution is -2.39. The Morgan fingerprint density at radius 2 is 0.611 bits per heavy atom. The van der Waals surface area contributed by atoms with Crippen molar-refractivity contribution in [2.45, 2.75) is 91.2 Å². The average molecular weight is 522 g/mol. The number of aliphatic hydroxyl groups excluding tert-OH is 1. The Balaban J connectivity index is 4.71. The van der Waals surface area contributed by atoms with Gasteiger partial charge in [0.05, 0.1) is 0 Å². The van der Waals surface area contributed by atoms with Crippen molar-refractivity contribution in [3.63, 3.8) is 0 Å². The van der Waals surface area contributed by atoms with E-state index in [1.807, 2.05) is 0 Å². The second kappa shape index (κ2) is 14.6. The number of carbonyl (C=O) groups is 7. The van der Waals surface area contributed by atoms with Crippen LogP contribution in [0.5, 0.6) is 0 Å². The smallest absolute Gasteiger partial charge is 0.347 e.